The first-order valence-corrected chi connectivity index (χ1v) is 7.37. The highest BCUT2D eigenvalue weighted by Crippen LogP contribution is 2.16. The molecule has 0 atom stereocenters. The van der Waals surface area contributed by atoms with E-state index in [1.165, 1.54) is 6.92 Å². The minimum atomic E-state index is -0.359. The van der Waals surface area contributed by atoms with E-state index in [4.69, 9.17) is 0 Å². The third-order valence-electron chi connectivity index (χ3n) is 2.93. The average Bonchev–Trinajstić information content (AvgIpc) is 2.52. The normalized spacial score (nSPS) is 9.92. The molecule has 2 rings (SSSR count). The van der Waals surface area contributed by atoms with Crippen LogP contribution in [-0.4, -0.2) is 28.3 Å². The Balaban J connectivity index is 2.16. The molecule has 0 saturated heterocycles. The Bertz CT molecular complexity index is 773. The van der Waals surface area contributed by atoms with Gasteiger partial charge in [-0.2, -0.15) is 0 Å². The Morgan fingerprint density at radius 3 is 2.54 bits per heavy atom. The predicted molar refractivity (Wildman–Crippen MR) is 94.2 cm³/mol. The highest BCUT2D eigenvalue weighted by atomic mass is 16.2. The molecule has 0 saturated carbocycles. The summed E-state index contributed by atoms with van der Waals surface area (Å²) in [5.74, 6) is -0.169. The molecular formula is C17H19N5O2. The summed E-state index contributed by atoms with van der Waals surface area (Å²) in [7, 11) is 0. The fraction of sp³-hybridized carbons (Fsp3) is 0.176. The summed E-state index contributed by atoms with van der Waals surface area (Å²) in [6.45, 7) is 7.33. The Morgan fingerprint density at radius 1 is 1.17 bits per heavy atom. The minimum absolute atomic E-state index is 0.178. The molecule has 0 aliphatic heterocycles. The Hall–Kier alpha value is -3.22. The summed E-state index contributed by atoms with van der Waals surface area (Å²) in [6.07, 6.45) is 1.68. The number of rotatable bonds is 6. The fourth-order valence-electron chi connectivity index (χ4n) is 2.00. The van der Waals surface area contributed by atoms with Crippen LogP contribution in [0.25, 0.3) is 0 Å². The molecule has 0 bridgehead atoms. The molecule has 0 aliphatic carbocycles. The van der Waals surface area contributed by atoms with Crippen molar-refractivity contribution in [1.82, 2.24) is 9.97 Å². The van der Waals surface area contributed by atoms with E-state index in [1.807, 2.05) is 0 Å². The van der Waals surface area contributed by atoms with Gasteiger partial charge in [-0.1, -0.05) is 12.1 Å². The quantitative estimate of drug-likeness (QED) is 0.709. The van der Waals surface area contributed by atoms with Crippen molar-refractivity contribution in [2.45, 2.75) is 13.8 Å². The lowest BCUT2D eigenvalue weighted by Gasteiger charge is -2.09. The zero-order valence-corrected chi connectivity index (χ0v) is 13.6. The zero-order valence-electron chi connectivity index (χ0n) is 13.6. The van der Waals surface area contributed by atoms with Crippen LogP contribution in [0.1, 0.15) is 23.1 Å². The number of amides is 2. The lowest BCUT2D eigenvalue weighted by atomic mass is 10.2. The third kappa shape index (κ3) is 4.91. The molecule has 0 radical (unpaired) electrons. The number of hydrogen-bond acceptors (Lipinski definition) is 5. The number of hydrogen-bond donors (Lipinski definition) is 3. The molecule has 7 nitrogen and oxygen atoms in total. The van der Waals surface area contributed by atoms with E-state index in [9.17, 15) is 9.59 Å². The second-order valence-electron chi connectivity index (χ2n) is 5.10. The van der Waals surface area contributed by atoms with Gasteiger partial charge in [0.2, 0.25) is 11.9 Å². The Kier molecular flexibility index (Phi) is 5.62. The standard InChI is InChI=1S/C17H19N5O2/c1-4-8-18-17-19-11(2)9-15(22-17)16(24)21-14-7-5-6-13(10-14)20-12(3)23/h4-7,9-10H,1,8H2,2-3H3,(H,20,23)(H,21,24)(H,18,19,22). The van der Waals surface area contributed by atoms with Crippen molar-refractivity contribution in [2.24, 2.45) is 0 Å². The van der Waals surface area contributed by atoms with Crippen molar-refractivity contribution in [3.63, 3.8) is 0 Å². The largest absolute Gasteiger partial charge is 0.351 e. The van der Waals surface area contributed by atoms with Crippen LogP contribution in [-0.2, 0) is 4.79 Å². The Morgan fingerprint density at radius 2 is 1.88 bits per heavy atom. The maximum absolute atomic E-state index is 12.4. The number of carbonyl (C=O) groups is 2. The topological polar surface area (TPSA) is 96.0 Å². The van der Waals surface area contributed by atoms with Crippen molar-refractivity contribution in [2.75, 3.05) is 22.5 Å². The van der Waals surface area contributed by atoms with E-state index in [1.54, 1.807) is 43.3 Å². The molecule has 24 heavy (non-hydrogen) atoms. The van der Waals surface area contributed by atoms with Gasteiger partial charge < -0.3 is 16.0 Å². The number of aryl methyl sites for hydroxylation is 1. The van der Waals surface area contributed by atoms with Gasteiger partial charge in [-0.05, 0) is 31.2 Å². The van der Waals surface area contributed by atoms with Crippen LogP contribution >= 0.6 is 0 Å². The van der Waals surface area contributed by atoms with Crippen molar-refractivity contribution in [3.8, 4) is 0 Å². The molecule has 2 aromatic rings. The molecule has 0 spiro atoms. The van der Waals surface area contributed by atoms with Gasteiger partial charge in [0.05, 0.1) is 0 Å². The van der Waals surface area contributed by atoms with E-state index >= 15 is 0 Å². The summed E-state index contributed by atoms with van der Waals surface area (Å²) in [4.78, 5) is 31.9. The second-order valence-corrected chi connectivity index (χ2v) is 5.10. The van der Waals surface area contributed by atoms with Gasteiger partial charge in [-0.3, -0.25) is 9.59 Å². The number of aromatic nitrogens is 2. The molecule has 3 N–H and O–H groups in total. The summed E-state index contributed by atoms with van der Waals surface area (Å²) >= 11 is 0. The van der Waals surface area contributed by atoms with E-state index in [0.29, 0.717) is 29.6 Å². The monoisotopic (exact) mass is 325 g/mol. The summed E-state index contributed by atoms with van der Waals surface area (Å²) in [6, 6.07) is 8.48. The molecule has 2 amide bonds. The van der Waals surface area contributed by atoms with Crippen LogP contribution in [0, 0.1) is 6.92 Å². The van der Waals surface area contributed by atoms with Gasteiger partial charge in [0, 0.05) is 30.5 Å². The first-order valence-electron chi connectivity index (χ1n) is 7.37. The zero-order chi connectivity index (χ0) is 17.5. The van der Waals surface area contributed by atoms with E-state index < -0.39 is 0 Å². The number of benzene rings is 1. The smallest absolute Gasteiger partial charge is 0.274 e. The number of anilines is 3. The van der Waals surface area contributed by atoms with Crippen molar-refractivity contribution >= 4 is 29.1 Å². The lowest BCUT2D eigenvalue weighted by molar-refractivity contribution is -0.114. The summed E-state index contributed by atoms with van der Waals surface area (Å²) in [5.41, 5.74) is 2.09. The van der Waals surface area contributed by atoms with Crippen LogP contribution < -0.4 is 16.0 Å². The summed E-state index contributed by atoms with van der Waals surface area (Å²) < 4.78 is 0. The molecule has 0 fully saturated rings. The average molecular weight is 325 g/mol. The molecule has 1 heterocycles. The third-order valence-corrected chi connectivity index (χ3v) is 2.93. The van der Waals surface area contributed by atoms with E-state index in [0.717, 1.165) is 0 Å². The highest BCUT2D eigenvalue weighted by Gasteiger charge is 2.11. The SMILES string of the molecule is C=CCNc1nc(C)cc(C(=O)Nc2cccc(NC(C)=O)c2)n1. The van der Waals surface area contributed by atoms with Crippen LogP contribution in [0.3, 0.4) is 0 Å². The molecule has 1 aromatic carbocycles. The first kappa shape index (κ1) is 17.1. The molecule has 0 aliphatic rings. The molecule has 7 heteroatoms. The van der Waals surface area contributed by atoms with Gasteiger partial charge in [0.25, 0.3) is 5.91 Å². The summed E-state index contributed by atoms with van der Waals surface area (Å²) in [5, 5.41) is 8.38. The van der Waals surface area contributed by atoms with Crippen LogP contribution in [0.4, 0.5) is 17.3 Å². The number of carbonyl (C=O) groups excluding carboxylic acids is 2. The first-order chi connectivity index (χ1) is 11.5. The highest BCUT2D eigenvalue weighted by molar-refractivity contribution is 6.03. The van der Waals surface area contributed by atoms with E-state index in [-0.39, 0.29) is 17.5 Å². The van der Waals surface area contributed by atoms with Crippen LogP contribution in [0.15, 0.2) is 43.0 Å². The van der Waals surface area contributed by atoms with Crippen molar-refractivity contribution in [1.29, 1.82) is 0 Å². The molecular weight excluding hydrogens is 306 g/mol. The van der Waals surface area contributed by atoms with Gasteiger partial charge in [0.1, 0.15) is 5.69 Å². The van der Waals surface area contributed by atoms with Gasteiger partial charge >= 0.3 is 0 Å². The van der Waals surface area contributed by atoms with Gasteiger partial charge in [-0.25, -0.2) is 9.97 Å². The van der Waals surface area contributed by atoms with E-state index in [2.05, 4.69) is 32.5 Å². The molecule has 124 valence electrons. The second kappa shape index (κ2) is 7.87. The number of nitrogens with zero attached hydrogens (tertiary/aromatic N) is 2. The molecule has 0 unspecified atom stereocenters. The van der Waals surface area contributed by atoms with Crippen LogP contribution in [0.5, 0.6) is 0 Å². The number of nitrogens with one attached hydrogen (secondary N) is 3. The maximum atomic E-state index is 12.4. The molecule has 1 aromatic heterocycles. The Labute approximate surface area is 140 Å². The van der Waals surface area contributed by atoms with Crippen molar-refractivity contribution in [3.05, 3.63) is 54.4 Å². The fourth-order valence-corrected chi connectivity index (χ4v) is 2.00. The maximum Gasteiger partial charge on any atom is 0.274 e. The lowest BCUT2D eigenvalue weighted by Crippen LogP contribution is -2.16. The minimum Gasteiger partial charge on any atom is -0.351 e. The predicted octanol–water partition coefficient (Wildman–Crippen LogP) is 2.59. The van der Waals surface area contributed by atoms with Gasteiger partial charge in [0.15, 0.2) is 0 Å². The van der Waals surface area contributed by atoms with Crippen LogP contribution in [0.2, 0.25) is 0 Å². The van der Waals surface area contributed by atoms with Crippen molar-refractivity contribution < 1.29 is 9.59 Å². The van der Waals surface area contributed by atoms with Gasteiger partial charge in [-0.15, -0.1) is 6.58 Å².